The Morgan fingerprint density at radius 3 is 2.29 bits per heavy atom. The maximum atomic E-state index is 12.7. The molecule has 148 valence electrons. The van der Waals surface area contributed by atoms with Crippen molar-refractivity contribution in [3.8, 4) is 23.0 Å². The smallest absolute Gasteiger partial charge is 0.267 e. The molecule has 0 spiro atoms. The van der Waals surface area contributed by atoms with Crippen molar-refractivity contribution in [3.63, 3.8) is 0 Å². The fraction of sp³-hybridized carbons (Fsp3) is 0.300. The van der Waals surface area contributed by atoms with Gasteiger partial charge in [-0.3, -0.25) is 9.59 Å². The van der Waals surface area contributed by atoms with Crippen molar-refractivity contribution in [3.05, 3.63) is 35.9 Å². The fourth-order valence-electron chi connectivity index (χ4n) is 3.00. The van der Waals surface area contributed by atoms with Gasteiger partial charge in [-0.1, -0.05) is 0 Å². The molecule has 0 saturated carbocycles. The summed E-state index contributed by atoms with van der Waals surface area (Å²) in [5.41, 5.74) is 1.45. The van der Waals surface area contributed by atoms with Gasteiger partial charge in [-0.15, -0.1) is 0 Å². The topological polar surface area (TPSA) is 86.3 Å². The molecule has 0 aliphatic carbocycles. The summed E-state index contributed by atoms with van der Waals surface area (Å²) in [5.74, 6) is 1.23. The number of likely N-dealkylation sites (N-methyl/N-ethyl adjacent to an activating group) is 1. The molecule has 1 N–H and O–H groups in total. The number of methoxy groups -OCH3 is 3. The van der Waals surface area contributed by atoms with Gasteiger partial charge in [0, 0.05) is 18.3 Å². The third-order valence-electron chi connectivity index (χ3n) is 4.49. The summed E-state index contributed by atoms with van der Waals surface area (Å²) in [5, 5.41) is 2.81. The first-order valence-corrected chi connectivity index (χ1v) is 8.59. The first kappa shape index (κ1) is 19.3. The average molecular weight is 386 g/mol. The lowest BCUT2D eigenvalue weighted by Gasteiger charge is -2.30. The van der Waals surface area contributed by atoms with E-state index in [1.54, 1.807) is 44.3 Å². The Morgan fingerprint density at radius 2 is 1.71 bits per heavy atom. The lowest BCUT2D eigenvalue weighted by Crippen LogP contribution is -2.41. The van der Waals surface area contributed by atoms with E-state index >= 15 is 0 Å². The molecule has 8 nitrogen and oxygen atoms in total. The number of rotatable bonds is 5. The summed E-state index contributed by atoms with van der Waals surface area (Å²) < 4.78 is 21.4. The number of anilines is 2. The third kappa shape index (κ3) is 3.40. The number of hydrogen-bond donors (Lipinski definition) is 1. The van der Waals surface area contributed by atoms with Crippen LogP contribution in [0.1, 0.15) is 17.3 Å². The van der Waals surface area contributed by atoms with Crippen molar-refractivity contribution in [2.45, 2.75) is 13.0 Å². The second-order valence-electron chi connectivity index (χ2n) is 6.21. The van der Waals surface area contributed by atoms with E-state index in [-0.39, 0.29) is 11.8 Å². The summed E-state index contributed by atoms with van der Waals surface area (Å²) in [6.07, 6.45) is -0.544. The quantitative estimate of drug-likeness (QED) is 0.850. The van der Waals surface area contributed by atoms with Crippen LogP contribution < -0.4 is 29.2 Å². The second kappa shape index (κ2) is 7.67. The van der Waals surface area contributed by atoms with E-state index in [4.69, 9.17) is 18.9 Å². The first-order valence-electron chi connectivity index (χ1n) is 8.59. The number of fused-ring (bicyclic) bond motifs is 1. The van der Waals surface area contributed by atoms with Gasteiger partial charge in [-0.25, -0.2) is 0 Å². The predicted octanol–water partition coefficient (Wildman–Crippen LogP) is 2.71. The summed E-state index contributed by atoms with van der Waals surface area (Å²) in [6, 6.07) is 8.25. The van der Waals surface area contributed by atoms with Gasteiger partial charge in [-0.05, 0) is 37.3 Å². The molecule has 1 unspecified atom stereocenters. The van der Waals surface area contributed by atoms with Gasteiger partial charge in [0.05, 0.1) is 27.0 Å². The molecule has 28 heavy (non-hydrogen) atoms. The van der Waals surface area contributed by atoms with Gasteiger partial charge in [0.15, 0.2) is 17.6 Å². The van der Waals surface area contributed by atoms with Crippen LogP contribution in [0, 0.1) is 0 Å². The van der Waals surface area contributed by atoms with Crippen LogP contribution in [-0.2, 0) is 4.79 Å². The number of nitrogens with one attached hydrogen (secondary N) is 1. The van der Waals surface area contributed by atoms with Crippen molar-refractivity contribution in [2.24, 2.45) is 0 Å². The standard InChI is InChI=1S/C20H22N2O6/c1-11-20(24)22(2)14-10-13(6-7-15(14)28-11)21-19(23)12-8-16(25-3)18(27-5)17(9-12)26-4/h6-11H,1-5H3,(H,21,23). The maximum absolute atomic E-state index is 12.7. The zero-order chi connectivity index (χ0) is 20.4. The van der Waals surface area contributed by atoms with Gasteiger partial charge < -0.3 is 29.2 Å². The molecule has 0 bridgehead atoms. The molecule has 0 aromatic heterocycles. The molecule has 0 fully saturated rings. The third-order valence-corrected chi connectivity index (χ3v) is 4.49. The Balaban J connectivity index is 1.89. The minimum atomic E-state index is -0.544. The molecule has 2 aromatic carbocycles. The molecule has 1 atom stereocenters. The highest BCUT2D eigenvalue weighted by Crippen LogP contribution is 2.39. The van der Waals surface area contributed by atoms with Crippen LogP contribution in [0.3, 0.4) is 0 Å². The zero-order valence-corrected chi connectivity index (χ0v) is 16.4. The van der Waals surface area contributed by atoms with Gasteiger partial charge >= 0.3 is 0 Å². The monoisotopic (exact) mass is 386 g/mol. The van der Waals surface area contributed by atoms with Crippen molar-refractivity contribution in [1.29, 1.82) is 0 Å². The maximum Gasteiger partial charge on any atom is 0.267 e. The Labute approximate surface area is 162 Å². The summed E-state index contributed by atoms with van der Waals surface area (Å²) >= 11 is 0. The Hall–Kier alpha value is -3.42. The number of carbonyl (C=O) groups is 2. The number of ether oxygens (including phenoxy) is 4. The fourth-order valence-corrected chi connectivity index (χ4v) is 3.00. The molecule has 8 heteroatoms. The van der Waals surface area contributed by atoms with Gasteiger partial charge in [-0.2, -0.15) is 0 Å². The summed E-state index contributed by atoms with van der Waals surface area (Å²) in [6.45, 7) is 1.70. The Morgan fingerprint density at radius 1 is 1.07 bits per heavy atom. The molecule has 1 aliphatic rings. The number of carbonyl (C=O) groups excluding carboxylic acids is 2. The van der Waals surface area contributed by atoms with E-state index in [0.29, 0.717) is 39.9 Å². The van der Waals surface area contributed by atoms with Crippen LogP contribution in [0.15, 0.2) is 30.3 Å². The Kier molecular flexibility index (Phi) is 5.30. The van der Waals surface area contributed by atoms with Crippen LogP contribution in [0.2, 0.25) is 0 Å². The van der Waals surface area contributed by atoms with E-state index in [2.05, 4.69) is 5.32 Å². The number of amides is 2. The van der Waals surface area contributed by atoms with E-state index in [9.17, 15) is 9.59 Å². The molecule has 2 aromatic rings. The average Bonchev–Trinajstić information content (AvgIpc) is 2.71. The highest BCUT2D eigenvalue weighted by Gasteiger charge is 2.29. The highest BCUT2D eigenvalue weighted by molar-refractivity contribution is 6.06. The minimum Gasteiger partial charge on any atom is -0.493 e. The zero-order valence-electron chi connectivity index (χ0n) is 16.4. The van der Waals surface area contributed by atoms with E-state index in [0.717, 1.165) is 0 Å². The van der Waals surface area contributed by atoms with Crippen molar-refractivity contribution >= 4 is 23.2 Å². The van der Waals surface area contributed by atoms with Gasteiger partial charge in [0.1, 0.15) is 5.75 Å². The first-order chi connectivity index (χ1) is 13.4. The molecule has 2 amide bonds. The molecule has 0 radical (unpaired) electrons. The molecular weight excluding hydrogens is 364 g/mol. The lowest BCUT2D eigenvalue weighted by molar-refractivity contribution is -0.125. The molecule has 3 rings (SSSR count). The lowest BCUT2D eigenvalue weighted by atomic mass is 10.1. The van der Waals surface area contributed by atoms with E-state index < -0.39 is 6.10 Å². The SMILES string of the molecule is COc1cc(C(=O)Nc2ccc3c(c2)N(C)C(=O)C(C)O3)cc(OC)c1OC. The van der Waals surface area contributed by atoms with Gasteiger partial charge in [0.25, 0.3) is 11.8 Å². The second-order valence-corrected chi connectivity index (χ2v) is 6.21. The minimum absolute atomic E-state index is 0.152. The van der Waals surface area contributed by atoms with Crippen LogP contribution >= 0.6 is 0 Å². The largest absolute Gasteiger partial charge is 0.493 e. The summed E-state index contributed by atoms with van der Waals surface area (Å²) in [7, 11) is 6.13. The molecule has 0 saturated heterocycles. The van der Waals surface area contributed by atoms with Crippen molar-refractivity contribution in [1.82, 2.24) is 0 Å². The highest BCUT2D eigenvalue weighted by atomic mass is 16.5. The molecule has 1 heterocycles. The van der Waals surface area contributed by atoms with Crippen LogP contribution in [-0.4, -0.2) is 46.3 Å². The van der Waals surface area contributed by atoms with E-state index in [1.807, 2.05) is 0 Å². The summed E-state index contributed by atoms with van der Waals surface area (Å²) in [4.78, 5) is 26.4. The number of benzene rings is 2. The predicted molar refractivity (Wildman–Crippen MR) is 104 cm³/mol. The number of nitrogens with zero attached hydrogens (tertiary/aromatic N) is 1. The molecule has 1 aliphatic heterocycles. The number of hydrogen-bond acceptors (Lipinski definition) is 6. The van der Waals surface area contributed by atoms with E-state index in [1.165, 1.54) is 26.2 Å². The van der Waals surface area contributed by atoms with Crippen molar-refractivity contribution in [2.75, 3.05) is 38.6 Å². The van der Waals surface area contributed by atoms with Crippen LogP contribution in [0.25, 0.3) is 0 Å². The Bertz CT molecular complexity index is 902. The molecular formula is C20H22N2O6. The normalized spacial score (nSPS) is 15.4. The van der Waals surface area contributed by atoms with Crippen LogP contribution in [0.4, 0.5) is 11.4 Å². The van der Waals surface area contributed by atoms with Gasteiger partial charge in [0.2, 0.25) is 5.75 Å². The van der Waals surface area contributed by atoms with Crippen LogP contribution in [0.5, 0.6) is 23.0 Å². The van der Waals surface area contributed by atoms with Crippen molar-refractivity contribution < 1.29 is 28.5 Å².